The molecule has 0 aliphatic carbocycles. The second-order valence-corrected chi connectivity index (χ2v) is 16.7. The largest absolute Gasteiger partial charge is 0.388 e. The first kappa shape index (κ1) is 50.5. The molecule has 0 spiro atoms. The number of fused-ring (bicyclic) bond motifs is 2. The van der Waals surface area contributed by atoms with Gasteiger partial charge in [0.1, 0.15) is 0 Å². The number of aliphatic hydroxyl groups excluding tert-OH is 2. The Morgan fingerprint density at radius 1 is 0.547 bits per heavy atom. The van der Waals surface area contributed by atoms with E-state index < -0.39 is 12.2 Å². The van der Waals surface area contributed by atoms with Crippen molar-refractivity contribution in [1.29, 1.82) is 0 Å². The minimum Gasteiger partial charge on any atom is -0.388 e. The van der Waals surface area contributed by atoms with Crippen LogP contribution in [-0.4, -0.2) is 47.3 Å². The van der Waals surface area contributed by atoms with Crippen LogP contribution in [-0.2, 0) is 22.4 Å². The van der Waals surface area contributed by atoms with E-state index >= 15 is 0 Å². The molecule has 4 atom stereocenters. The molecule has 6 nitrogen and oxygen atoms in total. The molecule has 4 rings (SSSR count). The summed E-state index contributed by atoms with van der Waals surface area (Å²) in [5.41, 5.74) is 5.72. The molecule has 0 aliphatic rings. The van der Waals surface area contributed by atoms with Crippen molar-refractivity contribution in [2.24, 2.45) is 11.8 Å². The van der Waals surface area contributed by atoms with Crippen molar-refractivity contribution in [3.05, 3.63) is 167 Å². The topological polar surface area (TPSA) is 98.7 Å². The molecule has 334 valence electrons. The molecule has 64 heavy (non-hydrogen) atoms. The molecule has 0 fully saturated rings. The number of hydrogen-bond donors (Lipinski definition) is 4. The summed E-state index contributed by atoms with van der Waals surface area (Å²) in [4.78, 5) is 25.0. The van der Waals surface area contributed by atoms with E-state index in [0.29, 0.717) is 49.9 Å². The van der Waals surface area contributed by atoms with E-state index in [0.717, 1.165) is 36.8 Å². The summed E-state index contributed by atoms with van der Waals surface area (Å²) in [5, 5.41) is 32.3. The van der Waals surface area contributed by atoms with Gasteiger partial charge in [-0.05, 0) is 122 Å². The molecule has 4 N–H and O–H groups in total. The number of aliphatic hydroxyl groups is 2. The molecule has 0 aromatic heterocycles. The predicted octanol–water partition coefficient (Wildman–Crippen LogP) is 11.2. The number of rotatable bonds is 21. The SMILES string of the molecule is C/C(=C\CCC#C/C=C/[C@@H](C)[C@@H](O)/C(C)=C/CCc1ccc2ccccc2c1)C(=O)NCCNC(=O)/C(C)=C/CCC#C/C=C/[C@@H](C)[C@@H](O)/C(C)=C/CCc1ccc2ccccc2c1. The molecule has 0 bridgehead atoms. The molecule has 4 aromatic carbocycles. The van der Waals surface area contributed by atoms with Crippen molar-refractivity contribution < 1.29 is 19.8 Å². The van der Waals surface area contributed by atoms with Gasteiger partial charge in [-0.3, -0.25) is 9.59 Å². The predicted molar refractivity (Wildman–Crippen MR) is 268 cm³/mol. The fraction of sp³-hybridized carbons (Fsp3) is 0.345. The zero-order valence-corrected chi connectivity index (χ0v) is 38.8. The second-order valence-electron chi connectivity index (χ2n) is 16.7. The first-order chi connectivity index (χ1) is 30.9. The van der Waals surface area contributed by atoms with E-state index in [-0.39, 0.29) is 23.7 Å². The smallest absolute Gasteiger partial charge is 0.246 e. The van der Waals surface area contributed by atoms with Crippen LogP contribution in [0.5, 0.6) is 0 Å². The van der Waals surface area contributed by atoms with Gasteiger partial charge in [-0.2, -0.15) is 0 Å². The lowest BCUT2D eigenvalue weighted by Gasteiger charge is -2.16. The number of aryl methyl sites for hydroxylation is 2. The van der Waals surface area contributed by atoms with Crippen molar-refractivity contribution in [1.82, 2.24) is 10.6 Å². The first-order valence-electron chi connectivity index (χ1n) is 22.8. The van der Waals surface area contributed by atoms with E-state index in [1.165, 1.54) is 32.7 Å². The first-order valence-corrected chi connectivity index (χ1v) is 22.8. The summed E-state index contributed by atoms with van der Waals surface area (Å²) in [6.07, 6.45) is 20.4. The summed E-state index contributed by atoms with van der Waals surface area (Å²) < 4.78 is 0. The van der Waals surface area contributed by atoms with Gasteiger partial charge in [0.2, 0.25) is 11.8 Å². The highest BCUT2D eigenvalue weighted by molar-refractivity contribution is 5.93. The standard InChI is InChI=1S/C58H68N2O4/c1-43(55(61)45(3)27-21-29-49-35-37-51-31-17-19-33-53(51)41-49)23-13-9-7-11-15-25-47(5)57(63)59-39-40-60-58(64)48(6)26-16-12-8-10-14-24-44(2)56(62)46(4)28-22-30-50-36-38-52-32-18-20-34-54(52)42-50/h13-14,17-20,23-28,31-38,41-44,55-56,61-62H,11-12,15-16,21-22,29-30,39-40H2,1-6H3,(H,59,63)(H,60,64)/b23-13+,24-14+,45-27+,46-28+,47-25+,48-26+/t43-,44-,55-,56-/m1/s1. The number of carbonyl (C=O) groups is 2. The lowest BCUT2D eigenvalue weighted by atomic mass is 9.96. The maximum Gasteiger partial charge on any atom is 0.246 e. The lowest BCUT2D eigenvalue weighted by molar-refractivity contribution is -0.119. The third kappa shape index (κ3) is 17.9. The Bertz CT molecular complexity index is 2300. The van der Waals surface area contributed by atoms with Crippen LogP contribution in [0.2, 0.25) is 0 Å². The number of benzene rings is 4. The normalized spacial score (nSPS) is 14.4. The van der Waals surface area contributed by atoms with Crippen molar-refractivity contribution >= 4 is 33.4 Å². The Labute approximate surface area is 383 Å². The highest BCUT2D eigenvalue weighted by Crippen LogP contribution is 2.20. The van der Waals surface area contributed by atoms with E-state index in [4.69, 9.17) is 0 Å². The molecule has 0 radical (unpaired) electrons. The number of nitrogens with one attached hydrogen (secondary N) is 2. The Balaban J connectivity index is 1.04. The summed E-state index contributed by atoms with van der Waals surface area (Å²) in [6.45, 7) is 12.1. The third-order valence-electron chi connectivity index (χ3n) is 11.4. The van der Waals surface area contributed by atoms with E-state index in [1.54, 1.807) is 26.0 Å². The summed E-state index contributed by atoms with van der Waals surface area (Å²) in [7, 11) is 0. The summed E-state index contributed by atoms with van der Waals surface area (Å²) >= 11 is 0. The van der Waals surface area contributed by atoms with Crippen molar-refractivity contribution in [3.63, 3.8) is 0 Å². The number of carbonyl (C=O) groups excluding carboxylic acids is 2. The van der Waals surface area contributed by atoms with Gasteiger partial charge < -0.3 is 20.8 Å². The van der Waals surface area contributed by atoms with Crippen LogP contribution in [0.4, 0.5) is 0 Å². The van der Waals surface area contributed by atoms with Crippen LogP contribution in [0, 0.1) is 35.5 Å². The van der Waals surface area contributed by atoms with Crippen LogP contribution in [0.15, 0.2) is 156 Å². The van der Waals surface area contributed by atoms with Crippen LogP contribution >= 0.6 is 0 Å². The van der Waals surface area contributed by atoms with Gasteiger partial charge >= 0.3 is 0 Å². The maximum atomic E-state index is 12.5. The average molecular weight is 857 g/mol. The van der Waals surface area contributed by atoms with Gasteiger partial charge in [-0.1, -0.05) is 159 Å². The lowest BCUT2D eigenvalue weighted by Crippen LogP contribution is -2.35. The zero-order valence-electron chi connectivity index (χ0n) is 38.8. The monoisotopic (exact) mass is 857 g/mol. The van der Waals surface area contributed by atoms with E-state index in [1.807, 2.05) is 52.0 Å². The van der Waals surface area contributed by atoms with Gasteiger partial charge in [0.05, 0.1) is 12.2 Å². The van der Waals surface area contributed by atoms with Crippen molar-refractivity contribution in [2.45, 2.75) is 105 Å². The molecule has 0 heterocycles. The van der Waals surface area contributed by atoms with Gasteiger partial charge in [-0.15, -0.1) is 0 Å². The molecule has 2 amide bonds. The molecular formula is C58H68N2O4. The third-order valence-corrected chi connectivity index (χ3v) is 11.4. The highest BCUT2D eigenvalue weighted by atomic mass is 16.3. The van der Waals surface area contributed by atoms with Gasteiger partial charge in [0, 0.05) is 48.9 Å². The molecule has 0 saturated heterocycles. The fourth-order valence-electron chi connectivity index (χ4n) is 7.20. The maximum absolute atomic E-state index is 12.5. The molecular weight excluding hydrogens is 789 g/mol. The Hall–Kier alpha value is -6.18. The van der Waals surface area contributed by atoms with Gasteiger partial charge in [0.25, 0.3) is 0 Å². The van der Waals surface area contributed by atoms with Crippen molar-refractivity contribution in [2.75, 3.05) is 13.1 Å². The number of hydrogen-bond acceptors (Lipinski definition) is 4. The number of allylic oxidation sites excluding steroid dienone is 6. The highest BCUT2D eigenvalue weighted by Gasteiger charge is 2.14. The zero-order chi connectivity index (χ0) is 46.1. The minimum absolute atomic E-state index is 0.0614. The minimum atomic E-state index is -0.564. The Kier molecular flexibility index (Phi) is 21.9. The van der Waals surface area contributed by atoms with Gasteiger partial charge in [-0.25, -0.2) is 0 Å². The van der Waals surface area contributed by atoms with Gasteiger partial charge in [0.15, 0.2) is 0 Å². The fourth-order valence-corrected chi connectivity index (χ4v) is 7.20. The molecule has 0 aliphatic heterocycles. The average Bonchev–Trinajstić information content (AvgIpc) is 3.30. The second kappa shape index (κ2) is 27.8. The summed E-state index contributed by atoms with van der Waals surface area (Å²) in [5.74, 6) is 11.8. The van der Waals surface area contributed by atoms with Crippen LogP contribution in [0.1, 0.15) is 91.2 Å². The molecule has 0 unspecified atom stereocenters. The Morgan fingerprint density at radius 3 is 1.34 bits per heavy atom. The van der Waals surface area contributed by atoms with E-state index in [9.17, 15) is 19.8 Å². The van der Waals surface area contributed by atoms with E-state index in [2.05, 4.69) is 131 Å². The molecule has 4 aromatic rings. The van der Waals surface area contributed by atoms with Crippen molar-refractivity contribution in [3.8, 4) is 23.7 Å². The van der Waals surface area contributed by atoms with Crippen LogP contribution in [0.25, 0.3) is 21.5 Å². The molecule has 0 saturated carbocycles. The van der Waals surface area contributed by atoms with Crippen LogP contribution < -0.4 is 10.6 Å². The van der Waals surface area contributed by atoms with Crippen LogP contribution in [0.3, 0.4) is 0 Å². The quantitative estimate of drug-likeness (QED) is 0.0290. The molecule has 6 heteroatoms. The number of unbranched alkanes of at least 4 members (excludes halogenated alkanes) is 2. The number of amides is 2. The Morgan fingerprint density at radius 2 is 0.938 bits per heavy atom. The summed E-state index contributed by atoms with van der Waals surface area (Å²) in [6, 6.07) is 29.9.